The zero-order valence-corrected chi connectivity index (χ0v) is 9.39. The molecule has 76 valence electrons. The van der Waals surface area contributed by atoms with Crippen LogP contribution in [0.15, 0.2) is 0 Å². The molecule has 0 aromatic rings. The molecule has 1 aliphatic heterocycles. The van der Waals surface area contributed by atoms with Crippen LogP contribution in [-0.2, 0) is 9.53 Å². The van der Waals surface area contributed by atoms with Crippen LogP contribution in [0.3, 0.4) is 0 Å². The minimum absolute atomic E-state index is 0.0729. The van der Waals surface area contributed by atoms with Crippen molar-refractivity contribution < 1.29 is 9.53 Å². The van der Waals surface area contributed by atoms with E-state index >= 15 is 0 Å². The quantitative estimate of drug-likeness (QED) is 0.657. The molecule has 1 heterocycles. The predicted octanol–water partition coefficient (Wildman–Crippen LogP) is 2.33. The molecule has 0 amide bonds. The van der Waals surface area contributed by atoms with Gasteiger partial charge in [0.05, 0.1) is 7.11 Å². The highest BCUT2D eigenvalue weighted by molar-refractivity contribution is 8.00. The molecule has 0 N–H and O–H groups in total. The largest absolute Gasteiger partial charge is 0.469 e. The van der Waals surface area contributed by atoms with Crippen LogP contribution in [0.25, 0.3) is 0 Å². The van der Waals surface area contributed by atoms with Gasteiger partial charge in [-0.05, 0) is 24.0 Å². The van der Waals surface area contributed by atoms with Crippen molar-refractivity contribution in [2.75, 3.05) is 12.9 Å². The summed E-state index contributed by atoms with van der Waals surface area (Å²) < 4.78 is 4.63. The van der Waals surface area contributed by atoms with E-state index in [1.54, 1.807) is 0 Å². The van der Waals surface area contributed by atoms with Crippen molar-refractivity contribution in [3.05, 3.63) is 0 Å². The van der Waals surface area contributed by atoms with Gasteiger partial charge in [0.25, 0.3) is 0 Å². The van der Waals surface area contributed by atoms with Crippen molar-refractivity contribution in [2.24, 2.45) is 11.8 Å². The Morgan fingerprint density at radius 3 is 2.69 bits per heavy atom. The number of ether oxygens (including phenoxy) is 1. The molecule has 1 fully saturated rings. The minimum atomic E-state index is -0.0729. The van der Waals surface area contributed by atoms with Crippen molar-refractivity contribution in [2.45, 2.75) is 31.9 Å². The summed E-state index contributed by atoms with van der Waals surface area (Å²) in [5.74, 6) is 2.62. The van der Waals surface area contributed by atoms with Crippen molar-refractivity contribution >= 4 is 17.7 Å². The summed E-state index contributed by atoms with van der Waals surface area (Å²) in [5, 5.41) is 0.708. The lowest BCUT2D eigenvalue weighted by Crippen LogP contribution is -2.16. The standard InChI is InChI=1S/C10H18O2S/c1-7-6-13-8(2)9(7)4-5-10(11)12-3/h7-9H,4-6H2,1-3H3. The molecule has 3 atom stereocenters. The maximum atomic E-state index is 11.0. The summed E-state index contributed by atoms with van der Waals surface area (Å²) in [6.07, 6.45) is 1.57. The molecule has 0 radical (unpaired) electrons. The third-order valence-corrected chi connectivity index (χ3v) is 4.46. The second kappa shape index (κ2) is 4.89. The van der Waals surface area contributed by atoms with Gasteiger partial charge in [0.2, 0.25) is 0 Å². The molecule has 0 bridgehead atoms. The van der Waals surface area contributed by atoms with Crippen LogP contribution in [0.1, 0.15) is 26.7 Å². The molecule has 0 aromatic carbocycles. The van der Waals surface area contributed by atoms with E-state index in [1.165, 1.54) is 12.9 Å². The van der Waals surface area contributed by atoms with Gasteiger partial charge >= 0.3 is 5.97 Å². The van der Waals surface area contributed by atoms with Crippen LogP contribution in [0.2, 0.25) is 0 Å². The van der Waals surface area contributed by atoms with Crippen molar-refractivity contribution in [1.29, 1.82) is 0 Å². The topological polar surface area (TPSA) is 26.3 Å². The molecule has 0 spiro atoms. The Labute approximate surface area is 84.4 Å². The average molecular weight is 202 g/mol. The first-order valence-electron chi connectivity index (χ1n) is 4.83. The van der Waals surface area contributed by atoms with E-state index in [-0.39, 0.29) is 5.97 Å². The Morgan fingerprint density at radius 2 is 2.23 bits per heavy atom. The van der Waals surface area contributed by atoms with Gasteiger partial charge in [0.15, 0.2) is 0 Å². The zero-order valence-electron chi connectivity index (χ0n) is 8.58. The second-order valence-electron chi connectivity index (χ2n) is 3.79. The summed E-state index contributed by atoms with van der Waals surface area (Å²) in [5.41, 5.74) is 0. The third-order valence-electron chi connectivity index (χ3n) is 2.87. The lowest BCUT2D eigenvalue weighted by Gasteiger charge is -2.17. The number of esters is 1. The van der Waals surface area contributed by atoms with Gasteiger partial charge in [-0.2, -0.15) is 11.8 Å². The molecule has 13 heavy (non-hydrogen) atoms. The lowest BCUT2D eigenvalue weighted by atomic mass is 9.89. The highest BCUT2D eigenvalue weighted by Gasteiger charge is 2.30. The maximum Gasteiger partial charge on any atom is 0.305 e. The first kappa shape index (κ1) is 10.9. The zero-order chi connectivity index (χ0) is 9.84. The fourth-order valence-corrected chi connectivity index (χ4v) is 3.43. The van der Waals surface area contributed by atoms with Crippen molar-refractivity contribution in [3.8, 4) is 0 Å². The Balaban J connectivity index is 2.31. The third kappa shape index (κ3) is 2.90. The fraction of sp³-hybridized carbons (Fsp3) is 0.900. The first-order chi connectivity index (χ1) is 6.15. The number of rotatable bonds is 3. The Hall–Kier alpha value is -0.180. The normalized spacial score (nSPS) is 33.3. The highest BCUT2D eigenvalue weighted by Crippen LogP contribution is 2.39. The summed E-state index contributed by atoms with van der Waals surface area (Å²) >= 11 is 2.02. The van der Waals surface area contributed by atoms with E-state index in [2.05, 4.69) is 18.6 Å². The molecule has 3 heteroatoms. The summed E-state index contributed by atoms with van der Waals surface area (Å²) in [4.78, 5) is 11.0. The molecule has 0 aliphatic carbocycles. The van der Waals surface area contributed by atoms with E-state index in [0.717, 1.165) is 12.3 Å². The number of hydrogen-bond acceptors (Lipinski definition) is 3. The molecular formula is C10H18O2S. The Kier molecular flexibility index (Phi) is 4.10. The number of carbonyl (C=O) groups excluding carboxylic acids is 1. The molecule has 1 rings (SSSR count). The summed E-state index contributed by atoms with van der Waals surface area (Å²) in [6.45, 7) is 4.54. The smallest absolute Gasteiger partial charge is 0.305 e. The van der Waals surface area contributed by atoms with E-state index < -0.39 is 0 Å². The Bertz CT molecular complexity index is 172. The van der Waals surface area contributed by atoms with Gasteiger partial charge in [0.1, 0.15) is 0 Å². The van der Waals surface area contributed by atoms with Gasteiger partial charge in [0, 0.05) is 11.7 Å². The number of carbonyl (C=O) groups is 1. The van der Waals surface area contributed by atoms with Crippen LogP contribution in [0, 0.1) is 11.8 Å². The first-order valence-corrected chi connectivity index (χ1v) is 5.88. The molecule has 3 unspecified atom stereocenters. The van der Waals surface area contributed by atoms with Gasteiger partial charge in [-0.1, -0.05) is 13.8 Å². The predicted molar refractivity (Wildman–Crippen MR) is 55.8 cm³/mol. The van der Waals surface area contributed by atoms with Gasteiger partial charge in [-0.15, -0.1) is 0 Å². The fourth-order valence-electron chi connectivity index (χ4n) is 1.92. The highest BCUT2D eigenvalue weighted by atomic mass is 32.2. The lowest BCUT2D eigenvalue weighted by molar-refractivity contribution is -0.141. The van der Waals surface area contributed by atoms with Crippen LogP contribution in [0.4, 0.5) is 0 Å². The van der Waals surface area contributed by atoms with Crippen molar-refractivity contribution in [3.63, 3.8) is 0 Å². The maximum absolute atomic E-state index is 11.0. The van der Waals surface area contributed by atoms with Gasteiger partial charge in [-0.3, -0.25) is 4.79 Å². The van der Waals surface area contributed by atoms with Crippen LogP contribution in [0.5, 0.6) is 0 Å². The molecule has 2 nitrogen and oxygen atoms in total. The minimum Gasteiger partial charge on any atom is -0.469 e. The van der Waals surface area contributed by atoms with Crippen LogP contribution in [-0.4, -0.2) is 24.1 Å². The van der Waals surface area contributed by atoms with Gasteiger partial charge < -0.3 is 4.74 Å². The molecule has 0 aromatic heterocycles. The summed E-state index contributed by atoms with van der Waals surface area (Å²) in [7, 11) is 1.46. The van der Waals surface area contributed by atoms with Crippen LogP contribution < -0.4 is 0 Å². The SMILES string of the molecule is COC(=O)CCC1C(C)CSC1C. The monoisotopic (exact) mass is 202 g/mol. The average Bonchev–Trinajstić information content (AvgIpc) is 2.43. The number of thioether (sulfide) groups is 1. The van der Waals surface area contributed by atoms with E-state index in [1.807, 2.05) is 11.8 Å². The van der Waals surface area contributed by atoms with Gasteiger partial charge in [-0.25, -0.2) is 0 Å². The van der Waals surface area contributed by atoms with Crippen molar-refractivity contribution in [1.82, 2.24) is 0 Å². The molecule has 1 aliphatic rings. The Morgan fingerprint density at radius 1 is 1.54 bits per heavy atom. The summed E-state index contributed by atoms with van der Waals surface area (Å²) in [6, 6.07) is 0. The number of hydrogen-bond donors (Lipinski definition) is 0. The second-order valence-corrected chi connectivity index (χ2v) is 5.20. The van der Waals surface area contributed by atoms with Crippen LogP contribution >= 0.6 is 11.8 Å². The van der Waals surface area contributed by atoms with E-state index in [4.69, 9.17) is 0 Å². The molecule has 0 saturated carbocycles. The number of methoxy groups -OCH3 is 1. The van der Waals surface area contributed by atoms with E-state index in [9.17, 15) is 4.79 Å². The molecule has 1 saturated heterocycles. The molecular weight excluding hydrogens is 184 g/mol. The van der Waals surface area contributed by atoms with E-state index in [0.29, 0.717) is 17.6 Å².